The quantitative estimate of drug-likeness (QED) is 0.791. The van der Waals surface area contributed by atoms with E-state index >= 15 is 0 Å². The van der Waals surface area contributed by atoms with Crippen LogP contribution in [0.15, 0.2) is 48.5 Å². The molecule has 3 amide bonds. The zero-order valence-corrected chi connectivity index (χ0v) is 15.9. The van der Waals surface area contributed by atoms with Gasteiger partial charge in [0.25, 0.3) is 5.91 Å². The van der Waals surface area contributed by atoms with E-state index in [4.69, 9.17) is 0 Å². The molecule has 1 aliphatic rings. The van der Waals surface area contributed by atoms with E-state index in [1.807, 2.05) is 6.07 Å². The summed E-state index contributed by atoms with van der Waals surface area (Å²) in [5.41, 5.74) is 0.548. The number of carbonyl (C=O) groups excluding carboxylic acids is 2. The molecule has 3 rings (SSSR count). The molecule has 2 aromatic rings. The summed E-state index contributed by atoms with van der Waals surface area (Å²) < 4.78 is 38.6. The first-order valence-corrected chi connectivity index (χ1v) is 9.33. The van der Waals surface area contributed by atoms with Crippen LogP contribution in [0.4, 0.5) is 23.7 Å². The van der Waals surface area contributed by atoms with Crippen molar-refractivity contribution in [3.8, 4) is 0 Å². The van der Waals surface area contributed by atoms with Gasteiger partial charge in [-0.05, 0) is 48.7 Å². The van der Waals surface area contributed by atoms with E-state index in [-0.39, 0.29) is 17.6 Å². The van der Waals surface area contributed by atoms with E-state index < -0.39 is 17.6 Å². The molecule has 1 saturated heterocycles. The van der Waals surface area contributed by atoms with Crippen molar-refractivity contribution in [3.63, 3.8) is 0 Å². The SMILES string of the molecule is CNC(=O)N1CCCC(c2cccc(C(=O)Nc3cccc(C(F)(F)F)c3)c2)C1. The second-order valence-corrected chi connectivity index (χ2v) is 7.00. The number of piperidine rings is 1. The van der Waals surface area contributed by atoms with Gasteiger partial charge in [-0.15, -0.1) is 0 Å². The Kier molecular flexibility index (Phi) is 6.10. The van der Waals surface area contributed by atoms with Gasteiger partial charge in [0.15, 0.2) is 0 Å². The number of alkyl halides is 3. The lowest BCUT2D eigenvalue weighted by Gasteiger charge is -2.32. The summed E-state index contributed by atoms with van der Waals surface area (Å²) >= 11 is 0. The van der Waals surface area contributed by atoms with Crippen molar-refractivity contribution < 1.29 is 22.8 Å². The second kappa shape index (κ2) is 8.55. The van der Waals surface area contributed by atoms with Gasteiger partial charge in [0.05, 0.1) is 5.56 Å². The van der Waals surface area contributed by atoms with Crippen molar-refractivity contribution in [2.45, 2.75) is 24.9 Å². The Morgan fingerprint density at radius 1 is 1.10 bits per heavy atom. The van der Waals surface area contributed by atoms with Crippen LogP contribution in [0.25, 0.3) is 0 Å². The number of hydrogen-bond donors (Lipinski definition) is 2. The van der Waals surface area contributed by atoms with E-state index in [0.717, 1.165) is 30.5 Å². The zero-order chi connectivity index (χ0) is 21.0. The minimum Gasteiger partial charge on any atom is -0.341 e. The molecule has 1 heterocycles. The minimum atomic E-state index is -4.47. The molecule has 0 spiro atoms. The van der Waals surface area contributed by atoms with Gasteiger partial charge in [-0.1, -0.05) is 18.2 Å². The molecule has 0 bridgehead atoms. The third-order valence-corrected chi connectivity index (χ3v) is 4.99. The molecule has 0 aromatic heterocycles. The van der Waals surface area contributed by atoms with E-state index in [9.17, 15) is 22.8 Å². The number of anilines is 1. The molecule has 1 unspecified atom stereocenters. The number of likely N-dealkylation sites (tertiary alicyclic amines) is 1. The van der Waals surface area contributed by atoms with Crippen LogP contribution in [0.5, 0.6) is 0 Å². The van der Waals surface area contributed by atoms with Gasteiger partial charge in [-0.3, -0.25) is 4.79 Å². The van der Waals surface area contributed by atoms with Gasteiger partial charge in [0.2, 0.25) is 0 Å². The summed E-state index contributed by atoms with van der Waals surface area (Å²) in [6.45, 7) is 1.24. The number of hydrogen-bond acceptors (Lipinski definition) is 2. The molecular formula is C21H22F3N3O2. The van der Waals surface area contributed by atoms with Crippen LogP contribution in [0.1, 0.15) is 40.2 Å². The van der Waals surface area contributed by atoms with E-state index in [1.54, 1.807) is 30.1 Å². The van der Waals surface area contributed by atoms with E-state index in [2.05, 4.69) is 10.6 Å². The molecule has 154 valence electrons. The smallest absolute Gasteiger partial charge is 0.341 e. The third kappa shape index (κ3) is 5.07. The van der Waals surface area contributed by atoms with Crippen LogP contribution in [0.3, 0.4) is 0 Å². The number of benzene rings is 2. The van der Waals surface area contributed by atoms with E-state index in [0.29, 0.717) is 18.7 Å². The monoisotopic (exact) mass is 405 g/mol. The molecule has 29 heavy (non-hydrogen) atoms. The summed E-state index contributed by atoms with van der Waals surface area (Å²) in [7, 11) is 1.59. The maximum absolute atomic E-state index is 12.9. The van der Waals surface area contributed by atoms with Gasteiger partial charge < -0.3 is 15.5 Å². The fourth-order valence-electron chi connectivity index (χ4n) is 3.50. The lowest BCUT2D eigenvalue weighted by atomic mass is 9.89. The molecule has 2 aromatic carbocycles. The Morgan fingerprint density at radius 2 is 1.86 bits per heavy atom. The van der Waals surface area contributed by atoms with Gasteiger partial charge in [-0.2, -0.15) is 13.2 Å². The molecular weight excluding hydrogens is 383 g/mol. The van der Waals surface area contributed by atoms with Crippen molar-refractivity contribution in [1.82, 2.24) is 10.2 Å². The zero-order valence-electron chi connectivity index (χ0n) is 15.9. The summed E-state index contributed by atoms with van der Waals surface area (Å²) in [6.07, 6.45) is -2.72. The first-order valence-electron chi connectivity index (χ1n) is 9.33. The average molecular weight is 405 g/mol. The van der Waals surface area contributed by atoms with Crippen LogP contribution in [0.2, 0.25) is 0 Å². The van der Waals surface area contributed by atoms with Crippen molar-refractivity contribution in [2.75, 3.05) is 25.5 Å². The number of halogens is 3. The highest BCUT2D eigenvalue weighted by atomic mass is 19.4. The molecule has 1 aliphatic heterocycles. The number of nitrogens with one attached hydrogen (secondary N) is 2. The molecule has 1 fully saturated rings. The van der Waals surface area contributed by atoms with Gasteiger partial charge >= 0.3 is 12.2 Å². The van der Waals surface area contributed by atoms with Crippen LogP contribution in [0, 0.1) is 0 Å². The second-order valence-electron chi connectivity index (χ2n) is 7.00. The number of carbonyl (C=O) groups is 2. The highest BCUT2D eigenvalue weighted by Crippen LogP contribution is 2.31. The van der Waals surface area contributed by atoms with Crippen molar-refractivity contribution in [2.24, 2.45) is 0 Å². The van der Waals surface area contributed by atoms with Crippen LogP contribution in [-0.2, 0) is 6.18 Å². The third-order valence-electron chi connectivity index (χ3n) is 4.99. The average Bonchev–Trinajstić information content (AvgIpc) is 2.73. The van der Waals surface area contributed by atoms with Gasteiger partial charge in [0, 0.05) is 37.3 Å². The normalized spacial score (nSPS) is 17.0. The van der Waals surface area contributed by atoms with Crippen LogP contribution in [-0.4, -0.2) is 37.0 Å². The summed E-state index contributed by atoms with van der Waals surface area (Å²) in [4.78, 5) is 26.2. The fourth-order valence-corrected chi connectivity index (χ4v) is 3.50. The Hall–Kier alpha value is -3.03. The summed E-state index contributed by atoms with van der Waals surface area (Å²) in [5, 5.41) is 5.15. The summed E-state index contributed by atoms with van der Waals surface area (Å²) in [5.74, 6) is -0.382. The molecule has 0 saturated carbocycles. The Morgan fingerprint density at radius 3 is 2.59 bits per heavy atom. The van der Waals surface area contributed by atoms with E-state index in [1.165, 1.54) is 12.1 Å². The van der Waals surface area contributed by atoms with Crippen molar-refractivity contribution in [3.05, 3.63) is 65.2 Å². The molecule has 5 nitrogen and oxygen atoms in total. The molecule has 0 radical (unpaired) electrons. The highest BCUT2D eigenvalue weighted by molar-refractivity contribution is 6.04. The number of rotatable bonds is 3. The summed E-state index contributed by atoms with van der Waals surface area (Å²) in [6, 6.07) is 11.4. The first-order chi connectivity index (χ1) is 13.8. The minimum absolute atomic E-state index is 0.0821. The molecule has 2 N–H and O–H groups in total. The maximum atomic E-state index is 12.9. The number of amides is 3. The Labute approximate surface area is 166 Å². The van der Waals surface area contributed by atoms with Crippen molar-refractivity contribution >= 4 is 17.6 Å². The van der Waals surface area contributed by atoms with Gasteiger partial charge in [0.1, 0.15) is 0 Å². The lowest BCUT2D eigenvalue weighted by molar-refractivity contribution is -0.137. The fraction of sp³-hybridized carbons (Fsp3) is 0.333. The largest absolute Gasteiger partial charge is 0.416 e. The predicted octanol–water partition coefficient (Wildman–Crippen LogP) is 4.48. The first kappa shape index (κ1) is 20.7. The Bertz CT molecular complexity index is 899. The van der Waals surface area contributed by atoms with Gasteiger partial charge in [-0.25, -0.2) is 4.79 Å². The standard InChI is InChI=1S/C21H22F3N3O2/c1-25-20(29)27-10-4-7-16(13-27)14-5-2-6-15(11-14)19(28)26-18-9-3-8-17(12-18)21(22,23)24/h2-3,5-6,8-9,11-12,16H,4,7,10,13H2,1H3,(H,25,29)(H,26,28). The molecule has 8 heteroatoms. The predicted molar refractivity (Wildman–Crippen MR) is 104 cm³/mol. The number of urea groups is 1. The number of nitrogens with zero attached hydrogens (tertiary/aromatic N) is 1. The Balaban J connectivity index is 1.74. The van der Waals surface area contributed by atoms with Crippen LogP contribution >= 0.6 is 0 Å². The maximum Gasteiger partial charge on any atom is 0.416 e. The van der Waals surface area contributed by atoms with Crippen molar-refractivity contribution in [1.29, 1.82) is 0 Å². The van der Waals surface area contributed by atoms with Crippen LogP contribution < -0.4 is 10.6 Å². The molecule has 1 atom stereocenters. The molecule has 0 aliphatic carbocycles. The topological polar surface area (TPSA) is 61.4 Å². The highest BCUT2D eigenvalue weighted by Gasteiger charge is 2.30. The lowest BCUT2D eigenvalue weighted by Crippen LogP contribution is -2.43.